The minimum atomic E-state index is -1.73. The molecule has 0 saturated carbocycles. The molecule has 1 heterocycles. The Morgan fingerprint density at radius 3 is 1.35 bits per heavy atom. The van der Waals surface area contributed by atoms with E-state index in [2.05, 4.69) is 6.92 Å². The van der Waals surface area contributed by atoms with Crippen LogP contribution in [0.4, 0.5) is 0 Å². The van der Waals surface area contributed by atoms with Crippen LogP contribution in [0.25, 0.3) is 0 Å². The number of unbranched alkanes of at least 4 members (excludes halogenated alkanes) is 18. The Bertz CT molecular complexity index is 405. The first kappa shape index (κ1) is 28.8. The minimum absolute atomic E-state index is 0.145. The molecule has 1 rings (SSSR count). The molecule has 5 nitrogen and oxygen atoms in total. The highest BCUT2D eigenvalue weighted by atomic mass is 16.6. The molecule has 31 heavy (non-hydrogen) atoms. The lowest BCUT2D eigenvalue weighted by Crippen LogP contribution is -2.60. The van der Waals surface area contributed by atoms with Crippen LogP contribution >= 0.6 is 0 Å². The predicted molar refractivity (Wildman–Crippen MR) is 127 cm³/mol. The van der Waals surface area contributed by atoms with Crippen LogP contribution in [0, 0.1) is 0 Å². The third-order valence-corrected chi connectivity index (χ3v) is 6.82. The lowest BCUT2D eigenvalue weighted by Gasteiger charge is -2.41. The first-order valence-corrected chi connectivity index (χ1v) is 13.4. The maximum Gasteiger partial charge on any atom is 0.194 e. The maximum atomic E-state index is 10.3. The van der Waals surface area contributed by atoms with Gasteiger partial charge in [-0.2, -0.15) is 0 Å². The van der Waals surface area contributed by atoms with Crippen LogP contribution in [-0.4, -0.2) is 51.1 Å². The predicted octanol–water partition coefficient (Wildman–Crippen LogP) is 5.61. The smallest absolute Gasteiger partial charge is 0.194 e. The van der Waals surface area contributed by atoms with Gasteiger partial charge in [0.15, 0.2) is 5.79 Å². The summed E-state index contributed by atoms with van der Waals surface area (Å²) < 4.78 is 5.19. The molecule has 0 spiro atoms. The van der Waals surface area contributed by atoms with E-state index in [0.717, 1.165) is 19.3 Å². The monoisotopic (exact) mass is 444 g/mol. The molecule has 0 aliphatic carbocycles. The Balaban J connectivity index is 1.80. The van der Waals surface area contributed by atoms with Crippen molar-refractivity contribution < 1.29 is 25.2 Å². The van der Waals surface area contributed by atoms with E-state index in [0.29, 0.717) is 0 Å². The average Bonchev–Trinajstić information content (AvgIpc) is 2.77. The number of hydrogen-bond donors (Lipinski definition) is 4. The zero-order chi connectivity index (χ0) is 22.8. The molecule has 4 atom stereocenters. The van der Waals surface area contributed by atoms with Gasteiger partial charge in [0.1, 0.15) is 18.3 Å². The molecule has 0 amide bonds. The molecule has 4 N–H and O–H groups in total. The van der Waals surface area contributed by atoms with Crippen LogP contribution in [-0.2, 0) is 4.74 Å². The normalized spacial score (nSPS) is 26.4. The summed E-state index contributed by atoms with van der Waals surface area (Å²) >= 11 is 0. The van der Waals surface area contributed by atoms with Gasteiger partial charge in [-0.3, -0.25) is 0 Å². The van der Waals surface area contributed by atoms with Crippen molar-refractivity contribution in [3.05, 3.63) is 0 Å². The van der Waals surface area contributed by atoms with E-state index < -0.39 is 24.1 Å². The Labute approximate surface area is 191 Å². The third kappa shape index (κ3) is 13.2. The maximum absolute atomic E-state index is 10.3. The van der Waals surface area contributed by atoms with E-state index in [9.17, 15) is 20.4 Å². The summed E-state index contributed by atoms with van der Waals surface area (Å²) in [4.78, 5) is 0. The Morgan fingerprint density at radius 1 is 0.613 bits per heavy atom. The molecule has 1 aliphatic heterocycles. The molecule has 1 fully saturated rings. The van der Waals surface area contributed by atoms with Gasteiger partial charge in [0, 0.05) is 6.42 Å². The number of aliphatic hydroxyl groups is 4. The molecule has 0 aromatic carbocycles. The molecule has 5 heteroatoms. The molecule has 0 bridgehead atoms. The van der Waals surface area contributed by atoms with E-state index in [1.807, 2.05) is 0 Å². The van der Waals surface area contributed by atoms with Crippen molar-refractivity contribution in [2.24, 2.45) is 0 Å². The summed E-state index contributed by atoms with van der Waals surface area (Å²) in [6.07, 6.45) is 21.2. The Hall–Kier alpha value is -0.200. The highest BCUT2D eigenvalue weighted by Crippen LogP contribution is 2.29. The summed E-state index contributed by atoms with van der Waals surface area (Å²) in [5.41, 5.74) is 0. The topological polar surface area (TPSA) is 90.2 Å². The van der Waals surface area contributed by atoms with Crippen LogP contribution in [0.3, 0.4) is 0 Å². The van der Waals surface area contributed by atoms with Gasteiger partial charge in [-0.1, -0.05) is 122 Å². The van der Waals surface area contributed by atoms with Crippen molar-refractivity contribution in [1.82, 2.24) is 0 Å². The second-order valence-corrected chi connectivity index (χ2v) is 9.77. The van der Waals surface area contributed by atoms with Crippen LogP contribution in [0.15, 0.2) is 0 Å². The van der Waals surface area contributed by atoms with Gasteiger partial charge in [0.25, 0.3) is 0 Å². The summed E-state index contributed by atoms with van der Waals surface area (Å²) in [6, 6.07) is 0. The van der Waals surface area contributed by atoms with E-state index in [-0.39, 0.29) is 13.0 Å². The van der Waals surface area contributed by atoms with Crippen LogP contribution in [0.2, 0.25) is 0 Å². The van der Waals surface area contributed by atoms with Crippen LogP contribution in [0.1, 0.15) is 135 Å². The summed E-state index contributed by atoms with van der Waals surface area (Å²) in [5.74, 6) is -1.73. The molecule has 0 radical (unpaired) electrons. The zero-order valence-corrected chi connectivity index (χ0v) is 20.3. The van der Waals surface area contributed by atoms with Crippen LogP contribution < -0.4 is 0 Å². The van der Waals surface area contributed by atoms with Crippen molar-refractivity contribution in [3.63, 3.8) is 0 Å². The van der Waals surface area contributed by atoms with Gasteiger partial charge in [-0.25, -0.2) is 0 Å². The zero-order valence-electron chi connectivity index (χ0n) is 20.3. The molecular weight excluding hydrogens is 392 g/mol. The lowest BCUT2D eigenvalue weighted by molar-refractivity contribution is -0.323. The molecule has 0 aromatic heterocycles. The Morgan fingerprint density at radius 2 is 0.968 bits per heavy atom. The van der Waals surface area contributed by atoms with Gasteiger partial charge in [-0.05, 0) is 6.42 Å². The second kappa shape index (κ2) is 18.3. The molecule has 0 unspecified atom stereocenters. The van der Waals surface area contributed by atoms with Crippen molar-refractivity contribution in [2.45, 2.75) is 159 Å². The largest absolute Gasteiger partial charge is 0.388 e. The number of hydrogen-bond acceptors (Lipinski definition) is 5. The quantitative estimate of drug-likeness (QED) is 0.183. The first-order chi connectivity index (χ1) is 15.0. The lowest BCUT2D eigenvalue weighted by atomic mass is 9.92. The summed E-state index contributed by atoms with van der Waals surface area (Å²) in [7, 11) is 0. The minimum Gasteiger partial charge on any atom is -0.388 e. The third-order valence-electron chi connectivity index (χ3n) is 6.82. The fraction of sp³-hybridized carbons (Fsp3) is 1.00. The summed E-state index contributed by atoms with van der Waals surface area (Å²) in [6.45, 7) is 2.13. The number of rotatable bonds is 20. The highest BCUT2D eigenvalue weighted by molar-refractivity contribution is 4.91. The van der Waals surface area contributed by atoms with E-state index in [4.69, 9.17) is 4.74 Å². The molecule has 1 saturated heterocycles. The van der Waals surface area contributed by atoms with E-state index >= 15 is 0 Å². The van der Waals surface area contributed by atoms with Gasteiger partial charge < -0.3 is 25.2 Å². The fourth-order valence-corrected chi connectivity index (χ4v) is 4.57. The molecular formula is C26H52O5. The van der Waals surface area contributed by atoms with Gasteiger partial charge in [0.2, 0.25) is 0 Å². The molecule has 186 valence electrons. The second-order valence-electron chi connectivity index (χ2n) is 9.77. The van der Waals surface area contributed by atoms with Gasteiger partial charge in [0.05, 0.1) is 6.61 Å². The van der Waals surface area contributed by atoms with Crippen LogP contribution in [0.5, 0.6) is 0 Å². The summed E-state index contributed by atoms with van der Waals surface area (Å²) in [5, 5.41) is 39.4. The number of aliphatic hydroxyl groups excluding tert-OH is 3. The van der Waals surface area contributed by atoms with Gasteiger partial charge >= 0.3 is 0 Å². The average molecular weight is 445 g/mol. The van der Waals surface area contributed by atoms with Crippen molar-refractivity contribution in [3.8, 4) is 0 Å². The van der Waals surface area contributed by atoms with Crippen molar-refractivity contribution in [1.29, 1.82) is 0 Å². The first-order valence-electron chi connectivity index (χ1n) is 13.4. The fourth-order valence-electron chi connectivity index (χ4n) is 4.57. The molecule has 0 aromatic rings. The number of ether oxygens (including phenoxy) is 1. The van der Waals surface area contributed by atoms with Crippen molar-refractivity contribution >= 4 is 0 Å². The van der Waals surface area contributed by atoms with E-state index in [1.165, 1.54) is 103 Å². The van der Waals surface area contributed by atoms with E-state index in [1.54, 1.807) is 0 Å². The van der Waals surface area contributed by atoms with Gasteiger partial charge in [-0.15, -0.1) is 0 Å². The molecule has 1 aliphatic rings. The van der Waals surface area contributed by atoms with Crippen molar-refractivity contribution in [2.75, 3.05) is 6.61 Å². The standard InChI is InChI=1S/C26H52O5/c1-2-3-4-5-6-7-8-9-10-11-12-13-14-15-16-17-18-19-20-21-26(30)25(29)24(28)23(27)22-31-26/h23-25,27-30H,2-22H2,1H3/t23-,24+,25-,26-/m1/s1. The Kier molecular flexibility index (Phi) is 17.0. The SMILES string of the molecule is CCCCCCCCCCCCCCCCCCCCC[C@@]1(O)OC[C@@H](O)[C@H](O)[C@H]1O. The highest BCUT2D eigenvalue weighted by Gasteiger charge is 2.47.